The van der Waals surface area contributed by atoms with Gasteiger partial charge in [-0.3, -0.25) is 4.79 Å². The van der Waals surface area contributed by atoms with Crippen molar-refractivity contribution >= 4 is 58.8 Å². The van der Waals surface area contributed by atoms with Crippen LogP contribution in [0.3, 0.4) is 0 Å². The van der Waals surface area contributed by atoms with Gasteiger partial charge >= 0.3 is 0 Å². The number of sulfonamides is 2. The van der Waals surface area contributed by atoms with Gasteiger partial charge in [-0.2, -0.15) is 9.30 Å². The van der Waals surface area contributed by atoms with Gasteiger partial charge in [0.15, 0.2) is 4.80 Å². The fraction of sp³-hybridized carbons (Fsp3) is 0.429. The molecule has 1 unspecified atom stereocenters. The Labute approximate surface area is 211 Å². The lowest BCUT2D eigenvalue weighted by atomic mass is 9.99. The van der Waals surface area contributed by atoms with E-state index in [1.807, 2.05) is 11.5 Å². The highest BCUT2D eigenvalue weighted by Crippen LogP contribution is 2.27. The number of benzene rings is 1. The normalized spacial score (nSPS) is 18.3. The Morgan fingerprint density at radius 1 is 1.26 bits per heavy atom. The SMILES string of the molecule is CCOCCn1c(=NC(=O)C2CCCN(S(=O)(=O)c3cccs3)C2)sc2cc(S(N)(=O)=O)ccc21. The van der Waals surface area contributed by atoms with Gasteiger partial charge in [0.25, 0.3) is 15.9 Å². The topological polar surface area (TPSA) is 141 Å². The van der Waals surface area contributed by atoms with Crippen molar-refractivity contribution in [3.8, 4) is 0 Å². The molecule has 0 aliphatic carbocycles. The highest BCUT2D eigenvalue weighted by Gasteiger charge is 2.33. The summed E-state index contributed by atoms with van der Waals surface area (Å²) in [6.45, 7) is 3.64. The largest absolute Gasteiger partial charge is 0.380 e. The number of carbonyl (C=O) groups is 1. The second-order valence-corrected chi connectivity index (χ2v) is 13.7. The molecule has 14 heteroatoms. The molecule has 4 rings (SSSR count). The van der Waals surface area contributed by atoms with Crippen molar-refractivity contribution in [1.82, 2.24) is 8.87 Å². The molecule has 1 atom stereocenters. The van der Waals surface area contributed by atoms with Crippen molar-refractivity contribution in [1.29, 1.82) is 0 Å². The van der Waals surface area contributed by atoms with E-state index in [-0.39, 0.29) is 15.6 Å². The minimum absolute atomic E-state index is 0.0252. The van der Waals surface area contributed by atoms with Gasteiger partial charge in [-0.25, -0.2) is 22.0 Å². The van der Waals surface area contributed by atoms with Gasteiger partial charge in [0.05, 0.1) is 27.6 Å². The minimum atomic E-state index is -3.88. The zero-order chi connectivity index (χ0) is 25.2. The van der Waals surface area contributed by atoms with Gasteiger partial charge in [0, 0.05) is 26.2 Å². The number of hydrogen-bond acceptors (Lipinski definition) is 8. The Hall–Kier alpha value is -1.94. The van der Waals surface area contributed by atoms with Crippen LogP contribution in [0, 0.1) is 5.92 Å². The lowest BCUT2D eigenvalue weighted by molar-refractivity contribution is -0.122. The number of nitrogens with zero attached hydrogens (tertiary/aromatic N) is 3. The number of carbonyl (C=O) groups excluding carboxylic acids is 1. The van der Waals surface area contributed by atoms with E-state index >= 15 is 0 Å². The Morgan fingerprint density at radius 2 is 2.06 bits per heavy atom. The minimum Gasteiger partial charge on any atom is -0.380 e. The van der Waals surface area contributed by atoms with Gasteiger partial charge in [-0.1, -0.05) is 17.4 Å². The Balaban J connectivity index is 1.67. The molecule has 0 radical (unpaired) electrons. The van der Waals surface area contributed by atoms with E-state index < -0.39 is 31.9 Å². The fourth-order valence-corrected chi connectivity index (χ4v) is 8.30. The average Bonchev–Trinajstić information content (AvgIpc) is 3.47. The molecule has 2 aromatic heterocycles. The van der Waals surface area contributed by atoms with E-state index in [9.17, 15) is 21.6 Å². The molecule has 3 aromatic rings. The molecule has 2 N–H and O–H groups in total. The molecule has 10 nitrogen and oxygen atoms in total. The van der Waals surface area contributed by atoms with Crippen LogP contribution >= 0.6 is 22.7 Å². The third kappa shape index (κ3) is 5.74. The van der Waals surface area contributed by atoms with Crippen molar-refractivity contribution in [3.63, 3.8) is 0 Å². The highest BCUT2D eigenvalue weighted by atomic mass is 32.2. The van der Waals surface area contributed by atoms with Crippen LogP contribution in [-0.4, -0.2) is 57.9 Å². The third-order valence-corrected chi connectivity index (χ3v) is 10.9. The average molecular weight is 559 g/mol. The summed E-state index contributed by atoms with van der Waals surface area (Å²) in [5, 5.41) is 6.98. The standard InChI is InChI=1S/C21H26N4O6S4/c1-2-31-11-10-25-17-8-7-16(34(22,27)28)13-18(17)33-21(25)23-20(26)15-5-3-9-24(14-15)35(29,30)19-6-4-12-32-19/h4,6-8,12-13,15H,2-3,5,9-11,14H2,1H3,(H2,22,27,28). The van der Waals surface area contributed by atoms with Gasteiger partial charge in [0.2, 0.25) is 10.0 Å². The number of hydrogen-bond donors (Lipinski definition) is 1. The zero-order valence-electron chi connectivity index (χ0n) is 19.0. The summed E-state index contributed by atoms with van der Waals surface area (Å²) < 4.78 is 58.9. The number of thiophene rings is 1. The number of nitrogens with two attached hydrogens (primary N) is 1. The van der Waals surface area contributed by atoms with Crippen LogP contribution in [0.4, 0.5) is 0 Å². The molecule has 1 aliphatic rings. The predicted molar refractivity (Wildman–Crippen MR) is 134 cm³/mol. The number of piperidine rings is 1. The van der Waals surface area contributed by atoms with E-state index in [0.29, 0.717) is 54.2 Å². The second-order valence-electron chi connectivity index (χ2n) is 7.99. The predicted octanol–water partition coefficient (Wildman–Crippen LogP) is 1.98. The first-order valence-corrected chi connectivity index (χ1v) is 15.7. The number of aromatic nitrogens is 1. The summed E-state index contributed by atoms with van der Waals surface area (Å²) in [5.74, 6) is -0.969. The summed E-state index contributed by atoms with van der Waals surface area (Å²) in [6.07, 6.45) is 1.10. The maximum atomic E-state index is 13.2. The zero-order valence-corrected chi connectivity index (χ0v) is 22.3. The van der Waals surface area contributed by atoms with E-state index in [0.717, 1.165) is 11.3 Å². The highest BCUT2D eigenvalue weighted by molar-refractivity contribution is 7.91. The molecule has 0 spiro atoms. The van der Waals surface area contributed by atoms with Crippen molar-refractivity contribution in [2.24, 2.45) is 16.0 Å². The van der Waals surface area contributed by atoms with Gasteiger partial charge in [0.1, 0.15) is 4.21 Å². The molecule has 1 aromatic carbocycles. The molecule has 1 aliphatic heterocycles. The number of thiazole rings is 1. The molecule has 1 fully saturated rings. The van der Waals surface area contributed by atoms with Crippen molar-refractivity contribution < 1.29 is 26.4 Å². The monoisotopic (exact) mass is 558 g/mol. The van der Waals surface area contributed by atoms with Gasteiger partial charge < -0.3 is 9.30 Å². The molecule has 0 bridgehead atoms. The van der Waals surface area contributed by atoms with Crippen LogP contribution in [0.1, 0.15) is 19.8 Å². The fourth-order valence-electron chi connectivity index (χ4n) is 3.92. The summed E-state index contributed by atoms with van der Waals surface area (Å²) in [6, 6.07) is 7.76. The van der Waals surface area contributed by atoms with Crippen LogP contribution in [0.5, 0.6) is 0 Å². The Morgan fingerprint density at radius 3 is 2.74 bits per heavy atom. The molecule has 35 heavy (non-hydrogen) atoms. The lowest BCUT2D eigenvalue weighted by Gasteiger charge is -2.29. The first kappa shape index (κ1) is 26.1. The Bertz CT molecular complexity index is 1490. The quantitative estimate of drug-likeness (QED) is 0.419. The van der Waals surface area contributed by atoms with Gasteiger partial charge in [-0.15, -0.1) is 11.3 Å². The maximum Gasteiger partial charge on any atom is 0.252 e. The first-order valence-electron chi connectivity index (χ1n) is 11.0. The van der Waals surface area contributed by atoms with E-state index in [4.69, 9.17) is 9.88 Å². The molecule has 190 valence electrons. The lowest BCUT2D eigenvalue weighted by Crippen LogP contribution is -2.42. The summed E-state index contributed by atoms with van der Waals surface area (Å²) in [7, 11) is -7.53. The van der Waals surface area contributed by atoms with E-state index in [1.54, 1.807) is 23.6 Å². The number of fused-ring (bicyclic) bond motifs is 1. The number of primary sulfonamides is 1. The van der Waals surface area contributed by atoms with Crippen molar-refractivity contribution in [2.75, 3.05) is 26.3 Å². The van der Waals surface area contributed by atoms with E-state index in [1.165, 1.54) is 27.8 Å². The summed E-state index contributed by atoms with van der Waals surface area (Å²) in [4.78, 5) is 17.9. The molecule has 3 heterocycles. The number of ether oxygens (including phenoxy) is 1. The number of rotatable bonds is 8. The van der Waals surface area contributed by atoms with Crippen molar-refractivity contribution in [3.05, 3.63) is 40.5 Å². The van der Waals surface area contributed by atoms with Crippen molar-refractivity contribution in [2.45, 2.75) is 35.4 Å². The second kappa shape index (κ2) is 10.6. The third-order valence-electron chi connectivity index (χ3n) is 5.67. The molecular weight excluding hydrogens is 533 g/mol. The van der Waals surface area contributed by atoms with Crippen LogP contribution < -0.4 is 9.94 Å². The molecular formula is C21H26N4O6S4. The maximum absolute atomic E-state index is 13.2. The molecule has 1 saturated heterocycles. The van der Waals surface area contributed by atoms with Crippen LogP contribution in [-0.2, 0) is 36.1 Å². The van der Waals surface area contributed by atoms with Gasteiger partial charge in [-0.05, 0) is 49.4 Å². The van der Waals surface area contributed by atoms with Crippen LogP contribution in [0.15, 0.2) is 49.8 Å². The summed E-state index contributed by atoms with van der Waals surface area (Å²) >= 11 is 2.33. The van der Waals surface area contributed by atoms with Crippen LogP contribution in [0.2, 0.25) is 0 Å². The Kier molecular flexibility index (Phi) is 7.90. The smallest absolute Gasteiger partial charge is 0.252 e. The van der Waals surface area contributed by atoms with Crippen LogP contribution in [0.25, 0.3) is 10.2 Å². The first-order chi connectivity index (χ1) is 16.6. The summed E-state index contributed by atoms with van der Waals surface area (Å²) in [5.41, 5.74) is 0.708. The molecule has 0 saturated carbocycles. The van der Waals surface area contributed by atoms with E-state index in [2.05, 4.69) is 4.99 Å². The number of amides is 1. The molecule has 1 amide bonds.